The fourth-order valence-electron chi connectivity index (χ4n) is 1.56. The molecule has 0 spiro atoms. The highest BCUT2D eigenvalue weighted by atomic mass is 79.9. The average Bonchev–Trinajstić information content (AvgIpc) is 2.21. The summed E-state index contributed by atoms with van der Waals surface area (Å²) < 4.78 is 0.751. The predicted octanol–water partition coefficient (Wildman–Crippen LogP) is 3.52. The van der Waals surface area contributed by atoms with Gasteiger partial charge in [-0.25, -0.2) is 0 Å². The van der Waals surface area contributed by atoms with Crippen LogP contribution in [0.3, 0.4) is 0 Å². The van der Waals surface area contributed by atoms with Gasteiger partial charge in [-0.2, -0.15) is 0 Å². The largest absolute Gasteiger partial charge is 0.506 e. The molecule has 0 aliphatic heterocycles. The number of benzene rings is 1. The number of phenolic OH excluding ortho intramolecular Hbond substituents is 1. The number of hydrogen-bond donors (Lipinski definition) is 2. The Morgan fingerprint density at radius 1 is 1.56 bits per heavy atom. The van der Waals surface area contributed by atoms with Gasteiger partial charge in [0, 0.05) is 18.2 Å². The predicted molar refractivity (Wildman–Crippen MR) is 71.7 cm³/mol. The lowest BCUT2D eigenvalue weighted by atomic mass is 10.1. The maximum Gasteiger partial charge on any atom is 0.134 e. The van der Waals surface area contributed by atoms with Crippen LogP contribution in [0.1, 0.15) is 24.5 Å². The van der Waals surface area contributed by atoms with Gasteiger partial charge in [-0.05, 0) is 47.8 Å². The van der Waals surface area contributed by atoms with Crippen LogP contribution in [0.25, 0.3) is 0 Å². The topological polar surface area (TPSA) is 32.3 Å². The monoisotopic (exact) mass is 283 g/mol. The first kappa shape index (κ1) is 13.3. The lowest BCUT2D eigenvalue weighted by molar-refractivity contribution is 0.456. The summed E-state index contributed by atoms with van der Waals surface area (Å²) >= 11 is 3.34. The summed E-state index contributed by atoms with van der Waals surface area (Å²) in [6.45, 7) is 8.49. The molecule has 0 aromatic heterocycles. The van der Waals surface area contributed by atoms with Crippen molar-refractivity contribution in [2.24, 2.45) is 0 Å². The third-order valence-corrected chi connectivity index (χ3v) is 3.05. The average molecular weight is 284 g/mol. The van der Waals surface area contributed by atoms with Crippen molar-refractivity contribution >= 4 is 15.9 Å². The highest BCUT2D eigenvalue weighted by Crippen LogP contribution is 2.29. The van der Waals surface area contributed by atoms with Crippen LogP contribution >= 0.6 is 15.9 Å². The third-order valence-electron chi connectivity index (χ3n) is 2.45. The van der Waals surface area contributed by atoms with Gasteiger partial charge in [0.25, 0.3) is 0 Å². The van der Waals surface area contributed by atoms with Gasteiger partial charge in [-0.15, -0.1) is 6.58 Å². The Kier molecular flexibility index (Phi) is 5.03. The summed E-state index contributed by atoms with van der Waals surface area (Å²) in [4.78, 5) is 0. The van der Waals surface area contributed by atoms with Gasteiger partial charge in [-0.1, -0.05) is 12.1 Å². The Balaban J connectivity index is 2.70. The molecule has 2 N–H and O–H groups in total. The number of phenols is 1. The van der Waals surface area contributed by atoms with Crippen LogP contribution in [0.2, 0.25) is 0 Å². The molecule has 1 unspecified atom stereocenters. The first-order chi connectivity index (χ1) is 7.54. The van der Waals surface area contributed by atoms with E-state index in [1.807, 2.05) is 25.1 Å². The molecule has 1 rings (SSSR count). The molecule has 0 radical (unpaired) electrons. The van der Waals surface area contributed by atoms with Crippen molar-refractivity contribution in [1.29, 1.82) is 0 Å². The molecular formula is C13H18BrNO. The SMILES string of the molecule is C=CCC(C)NCc1cc(C)cc(Br)c1O. The molecule has 1 aromatic rings. The summed E-state index contributed by atoms with van der Waals surface area (Å²) in [7, 11) is 0. The van der Waals surface area contributed by atoms with Crippen LogP contribution in [0.4, 0.5) is 0 Å². The summed E-state index contributed by atoms with van der Waals surface area (Å²) in [6, 6.07) is 4.27. The second kappa shape index (κ2) is 6.06. The molecule has 0 fully saturated rings. The van der Waals surface area contributed by atoms with Crippen molar-refractivity contribution in [2.45, 2.75) is 32.9 Å². The quantitative estimate of drug-likeness (QED) is 0.811. The number of nitrogens with one attached hydrogen (secondary N) is 1. The molecule has 0 heterocycles. The summed E-state index contributed by atoms with van der Waals surface area (Å²) in [5, 5.41) is 13.2. The van der Waals surface area contributed by atoms with Gasteiger partial charge >= 0.3 is 0 Å². The second-order valence-electron chi connectivity index (χ2n) is 4.06. The Labute approximate surface area is 106 Å². The Bertz CT molecular complexity index is 376. The van der Waals surface area contributed by atoms with E-state index < -0.39 is 0 Å². The van der Waals surface area contributed by atoms with E-state index in [1.54, 1.807) is 0 Å². The van der Waals surface area contributed by atoms with E-state index >= 15 is 0 Å². The Morgan fingerprint density at radius 2 is 2.25 bits per heavy atom. The number of hydrogen-bond acceptors (Lipinski definition) is 2. The third kappa shape index (κ3) is 3.65. The van der Waals surface area contributed by atoms with E-state index in [4.69, 9.17) is 0 Å². The molecule has 0 bridgehead atoms. The number of halogens is 1. The summed E-state index contributed by atoms with van der Waals surface area (Å²) in [5.41, 5.74) is 2.06. The molecular weight excluding hydrogens is 266 g/mol. The fraction of sp³-hybridized carbons (Fsp3) is 0.385. The first-order valence-electron chi connectivity index (χ1n) is 5.37. The molecule has 2 nitrogen and oxygen atoms in total. The highest BCUT2D eigenvalue weighted by molar-refractivity contribution is 9.10. The van der Waals surface area contributed by atoms with Crippen molar-refractivity contribution < 1.29 is 5.11 Å². The van der Waals surface area contributed by atoms with E-state index in [0.29, 0.717) is 18.3 Å². The second-order valence-corrected chi connectivity index (χ2v) is 4.92. The minimum Gasteiger partial charge on any atom is -0.506 e. The fourth-order valence-corrected chi connectivity index (χ4v) is 2.17. The number of aromatic hydroxyl groups is 1. The zero-order chi connectivity index (χ0) is 12.1. The van der Waals surface area contributed by atoms with Crippen LogP contribution in [0, 0.1) is 6.92 Å². The van der Waals surface area contributed by atoms with E-state index in [1.165, 1.54) is 0 Å². The van der Waals surface area contributed by atoms with Gasteiger partial charge in [-0.3, -0.25) is 0 Å². The van der Waals surface area contributed by atoms with E-state index in [9.17, 15) is 5.11 Å². The van der Waals surface area contributed by atoms with Crippen molar-refractivity contribution in [3.63, 3.8) is 0 Å². The van der Waals surface area contributed by atoms with Gasteiger partial charge in [0.2, 0.25) is 0 Å². The van der Waals surface area contributed by atoms with Crippen molar-refractivity contribution in [3.05, 3.63) is 40.4 Å². The zero-order valence-electron chi connectivity index (χ0n) is 9.76. The summed E-state index contributed by atoms with van der Waals surface area (Å²) in [6.07, 6.45) is 2.82. The molecule has 0 aliphatic carbocycles. The molecule has 0 saturated heterocycles. The van der Waals surface area contributed by atoms with Crippen molar-refractivity contribution in [1.82, 2.24) is 5.32 Å². The molecule has 16 heavy (non-hydrogen) atoms. The smallest absolute Gasteiger partial charge is 0.134 e. The van der Waals surface area contributed by atoms with Crippen molar-refractivity contribution in [3.8, 4) is 5.75 Å². The molecule has 1 aromatic carbocycles. The minimum atomic E-state index is 0.323. The molecule has 88 valence electrons. The molecule has 0 amide bonds. The molecule has 3 heteroatoms. The van der Waals surface area contributed by atoms with Gasteiger partial charge in [0.15, 0.2) is 0 Å². The first-order valence-corrected chi connectivity index (χ1v) is 6.16. The van der Waals surface area contributed by atoms with Crippen molar-refractivity contribution in [2.75, 3.05) is 0 Å². The van der Waals surface area contributed by atoms with Gasteiger partial charge in [0.1, 0.15) is 5.75 Å². The summed E-state index contributed by atoms with van der Waals surface area (Å²) in [5.74, 6) is 0.323. The van der Waals surface area contributed by atoms with Crippen LogP contribution < -0.4 is 5.32 Å². The van der Waals surface area contributed by atoms with Crippen LogP contribution in [-0.2, 0) is 6.54 Å². The maximum atomic E-state index is 9.86. The van der Waals surface area contributed by atoms with E-state index in [-0.39, 0.29) is 0 Å². The highest BCUT2D eigenvalue weighted by Gasteiger charge is 2.07. The Morgan fingerprint density at radius 3 is 2.88 bits per heavy atom. The lowest BCUT2D eigenvalue weighted by Crippen LogP contribution is -2.24. The van der Waals surface area contributed by atoms with Crippen LogP contribution in [0.15, 0.2) is 29.3 Å². The maximum absolute atomic E-state index is 9.86. The van der Waals surface area contributed by atoms with Gasteiger partial charge in [0.05, 0.1) is 4.47 Å². The number of aryl methyl sites for hydroxylation is 1. The lowest BCUT2D eigenvalue weighted by Gasteiger charge is -2.13. The van der Waals surface area contributed by atoms with Gasteiger partial charge < -0.3 is 10.4 Å². The molecule has 0 aliphatic rings. The van der Waals surface area contributed by atoms with E-state index in [2.05, 4.69) is 34.7 Å². The minimum absolute atomic E-state index is 0.323. The Hall–Kier alpha value is -0.800. The van der Waals surface area contributed by atoms with Crippen LogP contribution in [0.5, 0.6) is 5.75 Å². The number of rotatable bonds is 5. The normalized spacial score (nSPS) is 12.4. The zero-order valence-corrected chi connectivity index (χ0v) is 11.3. The molecule has 0 saturated carbocycles. The van der Waals surface area contributed by atoms with E-state index in [0.717, 1.165) is 22.0 Å². The standard InChI is InChI=1S/C13H18BrNO/c1-4-5-10(3)15-8-11-6-9(2)7-12(14)13(11)16/h4,6-7,10,15-16H,1,5,8H2,2-3H3. The molecule has 1 atom stereocenters. The van der Waals surface area contributed by atoms with Crippen LogP contribution in [-0.4, -0.2) is 11.1 Å².